The number of amides is 1. The third-order valence-electron chi connectivity index (χ3n) is 2.14. The summed E-state index contributed by atoms with van der Waals surface area (Å²) in [5.41, 5.74) is 0.998. The molecule has 0 saturated heterocycles. The van der Waals surface area contributed by atoms with Crippen LogP contribution in [0.4, 0.5) is 0 Å². The number of rotatable bonds is 6. The van der Waals surface area contributed by atoms with Crippen molar-refractivity contribution in [2.75, 3.05) is 26.9 Å². The van der Waals surface area contributed by atoms with E-state index in [0.29, 0.717) is 18.9 Å². The molecule has 1 N–H and O–H groups in total. The van der Waals surface area contributed by atoms with Gasteiger partial charge in [0.2, 0.25) is 0 Å². The predicted octanol–water partition coefficient (Wildman–Crippen LogP) is 1.90. The molecule has 0 atom stereocenters. The van der Waals surface area contributed by atoms with E-state index in [1.165, 1.54) is 0 Å². The molecule has 0 bridgehead atoms. The maximum Gasteiger partial charge on any atom is 0.258 e. The van der Waals surface area contributed by atoms with Gasteiger partial charge in [0.1, 0.15) is 5.75 Å². The molecule has 0 fully saturated rings. The van der Waals surface area contributed by atoms with Gasteiger partial charge in [-0.05, 0) is 24.6 Å². The van der Waals surface area contributed by atoms with Gasteiger partial charge in [0.15, 0.2) is 6.61 Å². The van der Waals surface area contributed by atoms with Gasteiger partial charge in [0.05, 0.1) is 6.61 Å². The third kappa shape index (κ3) is 5.19. The number of nitrogens with one attached hydrogen (secondary N) is 1. The van der Waals surface area contributed by atoms with Crippen LogP contribution in [0.2, 0.25) is 0 Å². The van der Waals surface area contributed by atoms with E-state index >= 15 is 0 Å². The predicted molar refractivity (Wildman–Crippen MR) is 69.3 cm³/mol. The van der Waals surface area contributed by atoms with Crippen LogP contribution in [0.15, 0.2) is 22.7 Å². The molecule has 0 aliphatic heterocycles. The number of hydrogen-bond donors (Lipinski definition) is 1. The number of hydrogen-bond acceptors (Lipinski definition) is 3. The van der Waals surface area contributed by atoms with Crippen molar-refractivity contribution in [2.24, 2.45) is 0 Å². The van der Waals surface area contributed by atoms with Crippen LogP contribution in [-0.4, -0.2) is 32.8 Å². The van der Waals surface area contributed by atoms with Crippen molar-refractivity contribution in [3.63, 3.8) is 0 Å². The summed E-state index contributed by atoms with van der Waals surface area (Å²) in [6.07, 6.45) is 0. The van der Waals surface area contributed by atoms with Crippen molar-refractivity contribution in [1.29, 1.82) is 0 Å². The van der Waals surface area contributed by atoms with Gasteiger partial charge in [0, 0.05) is 18.1 Å². The lowest BCUT2D eigenvalue weighted by Crippen LogP contribution is -2.31. The van der Waals surface area contributed by atoms with Crippen molar-refractivity contribution in [2.45, 2.75) is 6.92 Å². The van der Waals surface area contributed by atoms with Crippen molar-refractivity contribution in [3.05, 3.63) is 28.2 Å². The SMILES string of the molecule is COCCNC(=O)COc1cc(Br)ccc1C. The third-order valence-corrected chi connectivity index (χ3v) is 2.63. The second-order valence-electron chi connectivity index (χ2n) is 3.54. The van der Waals surface area contributed by atoms with Crippen LogP contribution in [0.5, 0.6) is 5.75 Å². The van der Waals surface area contributed by atoms with Gasteiger partial charge in [-0.15, -0.1) is 0 Å². The van der Waals surface area contributed by atoms with Crippen LogP contribution >= 0.6 is 15.9 Å². The fourth-order valence-corrected chi connectivity index (χ4v) is 1.56. The van der Waals surface area contributed by atoms with Crippen LogP contribution in [0.25, 0.3) is 0 Å². The van der Waals surface area contributed by atoms with Crippen molar-refractivity contribution in [1.82, 2.24) is 5.32 Å². The number of carbonyl (C=O) groups excluding carboxylic acids is 1. The minimum atomic E-state index is -0.151. The molecule has 0 spiro atoms. The Bertz CT molecular complexity index is 382. The normalized spacial score (nSPS) is 10.1. The number of halogens is 1. The Hall–Kier alpha value is -1.07. The molecular formula is C12H16BrNO3. The molecule has 1 aromatic rings. The minimum absolute atomic E-state index is 0.0149. The molecule has 1 amide bonds. The topological polar surface area (TPSA) is 47.6 Å². The van der Waals surface area contributed by atoms with E-state index in [2.05, 4.69) is 21.2 Å². The summed E-state index contributed by atoms with van der Waals surface area (Å²) in [5, 5.41) is 2.69. The number of carbonyl (C=O) groups is 1. The quantitative estimate of drug-likeness (QED) is 0.817. The average Bonchev–Trinajstić information content (AvgIpc) is 2.31. The molecule has 0 radical (unpaired) electrons. The van der Waals surface area contributed by atoms with Crippen LogP contribution in [0.3, 0.4) is 0 Å². The second-order valence-corrected chi connectivity index (χ2v) is 4.46. The summed E-state index contributed by atoms with van der Waals surface area (Å²) in [6.45, 7) is 2.95. The maximum absolute atomic E-state index is 11.4. The molecule has 17 heavy (non-hydrogen) atoms. The first-order valence-corrected chi connectivity index (χ1v) is 6.07. The number of benzene rings is 1. The molecule has 0 heterocycles. The van der Waals surface area contributed by atoms with Gasteiger partial charge in [-0.3, -0.25) is 4.79 Å². The summed E-state index contributed by atoms with van der Waals surface area (Å²) in [7, 11) is 1.59. The van der Waals surface area contributed by atoms with Gasteiger partial charge >= 0.3 is 0 Å². The Balaban J connectivity index is 2.39. The molecule has 94 valence electrons. The molecule has 0 aliphatic carbocycles. The monoisotopic (exact) mass is 301 g/mol. The van der Waals surface area contributed by atoms with Gasteiger partial charge in [0.25, 0.3) is 5.91 Å². The Morgan fingerprint density at radius 2 is 2.24 bits per heavy atom. The molecule has 0 aliphatic rings. The fourth-order valence-electron chi connectivity index (χ4n) is 1.22. The van der Waals surface area contributed by atoms with E-state index in [1.807, 2.05) is 25.1 Å². The van der Waals surface area contributed by atoms with Gasteiger partial charge in [-0.25, -0.2) is 0 Å². The Labute approximate surface area is 109 Å². The summed E-state index contributed by atoms with van der Waals surface area (Å²) < 4.78 is 11.2. The Kier molecular flexibility index (Phi) is 6.00. The fraction of sp³-hybridized carbons (Fsp3) is 0.417. The highest BCUT2D eigenvalue weighted by Crippen LogP contribution is 2.22. The highest BCUT2D eigenvalue weighted by atomic mass is 79.9. The first-order valence-electron chi connectivity index (χ1n) is 5.28. The zero-order valence-corrected chi connectivity index (χ0v) is 11.5. The molecular weight excluding hydrogens is 286 g/mol. The maximum atomic E-state index is 11.4. The molecule has 1 rings (SSSR count). The molecule has 0 aromatic heterocycles. The zero-order valence-electron chi connectivity index (χ0n) is 9.96. The van der Waals surface area contributed by atoms with Crippen LogP contribution < -0.4 is 10.1 Å². The van der Waals surface area contributed by atoms with Gasteiger partial charge in [-0.1, -0.05) is 22.0 Å². The van der Waals surface area contributed by atoms with Crippen LogP contribution in [0.1, 0.15) is 5.56 Å². The lowest BCUT2D eigenvalue weighted by atomic mass is 10.2. The van der Waals surface area contributed by atoms with Crippen LogP contribution in [-0.2, 0) is 9.53 Å². The highest BCUT2D eigenvalue weighted by Gasteiger charge is 2.04. The van der Waals surface area contributed by atoms with Gasteiger partial charge in [-0.2, -0.15) is 0 Å². The van der Waals surface area contributed by atoms with E-state index in [4.69, 9.17) is 9.47 Å². The lowest BCUT2D eigenvalue weighted by molar-refractivity contribution is -0.123. The lowest BCUT2D eigenvalue weighted by Gasteiger charge is -2.09. The molecule has 4 nitrogen and oxygen atoms in total. The zero-order chi connectivity index (χ0) is 12.7. The summed E-state index contributed by atoms with van der Waals surface area (Å²) >= 11 is 3.36. The molecule has 0 saturated carbocycles. The number of methoxy groups -OCH3 is 1. The number of ether oxygens (including phenoxy) is 2. The van der Waals surface area contributed by atoms with E-state index in [0.717, 1.165) is 10.0 Å². The Morgan fingerprint density at radius 3 is 2.94 bits per heavy atom. The smallest absolute Gasteiger partial charge is 0.258 e. The summed E-state index contributed by atoms with van der Waals surface area (Å²) in [5.74, 6) is 0.558. The van der Waals surface area contributed by atoms with Crippen LogP contribution in [0, 0.1) is 6.92 Å². The molecule has 5 heteroatoms. The van der Waals surface area contributed by atoms with E-state index in [1.54, 1.807) is 7.11 Å². The minimum Gasteiger partial charge on any atom is -0.483 e. The largest absolute Gasteiger partial charge is 0.483 e. The highest BCUT2D eigenvalue weighted by molar-refractivity contribution is 9.10. The Morgan fingerprint density at radius 1 is 1.47 bits per heavy atom. The molecule has 0 unspecified atom stereocenters. The van der Waals surface area contributed by atoms with E-state index in [9.17, 15) is 4.79 Å². The van der Waals surface area contributed by atoms with Crippen molar-refractivity contribution >= 4 is 21.8 Å². The average molecular weight is 302 g/mol. The standard InChI is InChI=1S/C12H16BrNO3/c1-9-3-4-10(13)7-11(9)17-8-12(15)14-5-6-16-2/h3-4,7H,5-6,8H2,1-2H3,(H,14,15). The second kappa shape index (κ2) is 7.29. The van der Waals surface area contributed by atoms with Crippen molar-refractivity contribution < 1.29 is 14.3 Å². The van der Waals surface area contributed by atoms with Gasteiger partial charge < -0.3 is 14.8 Å². The van der Waals surface area contributed by atoms with E-state index in [-0.39, 0.29) is 12.5 Å². The summed E-state index contributed by atoms with van der Waals surface area (Å²) in [6, 6.07) is 5.71. The first kappa shape index (κ1) is 14.0. The first-order chi connectivity index (χ1) is 8.13. The summed E-state index contributed by atoms with van der Waals surface area (Å²) in [4.78, 5) is 11.4. The van der Waals surface area contributed by atoms with E-state index < -0.39 is 0 Å². The van der Waals surface area contributed by atoms with Crippen molar-refractivity contribution in [3.8, 4) is 5.75 Å². The number of aryl methyl sites for hydroxylation is 1. The molecule has 1 aromatic carbocycles.